The second-order valence-electron chi connectivity index (χ2n) is 5.24. The highest BCUT2D eigenvalue weighted by molar-refractivity contribution is 5.50. The predicted octanol–water partition coefficient (Wildman–Crippen LogP) is 1.75. The maximum absolute atomic E-state index is 5.98. The molecular formula is C14H24N4O. The Morgan fingerprint density at radius 1 is 1.42 bits per heavy atom. The van der Waals surface area contributed by atoms with Crippen LogP contribution in [0.2, 0.25) is 0 Å². The standard InChI is InChI=1S/C14H24N4O/c1-4-19-14-10(2)13(16-9-17-14)18-7-5-12(6-8-18)11(3)15/h9,11-12H,4-8,15H2,1-3H3. The van der Waals surface area contributed by atoms with Gasteiger partial charge in [0.2, 0.25) is 5.88 Å². The van der Waals surface area contributed by atoms with Crippen molar-refractivity contribution in [3.63, 3.8) is 0 Å². The summed E-state index contributed by atoms with van der Waals surface area (Å²) in [7, 11) is 0. The SMILES string of the molecule is CCOc1ncnc(N2CCC(C(C)N)CC2)c1C. The Bertz CT molecular complexity index is 414. The van der Waals surface area contributed by atoms with Gasteiger partial charge in [0.25, 0.3) is 0 Å². The van der Waals surface area contributed by atoms with Crippen molar-refractivity contribution >= 4 is 5.82 Å². The van der Waals surface area contributed by atoms with E-state index in [0.29, 0.717) is 18.4 Å². The molecule has 0 saturated carbocycles. The Labute approximate surface area is 115 Å². The van der Waals surface area contributed by atoms with Crippen molar-refractivity contribution in [3.8, 4) is 5.88 Å². The van der Waals surface area contributed by atoms with Crippen molar-refractivity contribution in [2.75, 3.05) is 24.6 Å². The lowest BCUT2D eigenvalue weighted by Crippen LogP contribution is -2.40. The Morgan fingerprint density at radius 2 is 2.11 bits per heavy atom. The quantitative estimate of drug-likeness (QED) is 0.897. The number of nitrogens with two attached hydrogens (primary N) is 1. The van der Waals surface area contributed by atoms with Gasteiger partial charge in [0.1, 0.15) is 12.1 Å². The first-order valence-corrected chi connectivity index (χ1v) is 7.08. The Morgan fingerprint density at radius 3 is 2.68 bits per heavy atom. The molecule has 0 aromatic carbocycles. The van der Waals surface area contributed by atoms with Gasteiger partial charge in [0.05, 0.1) is 12.2 Å². The molecule has 5 heteroatoms. The van der Waals surface area contributed by atoms with Gasteiger partial charge >= 0.3 is 0 Å². The van der Waals surface area contributed by atoms with E-state index in [2.05, 4.69) is 21.8 Å². The van der Waals surface area contributed by atoms with Crippen molar-refractivity contribution in [1.82, 2.24) is 9.97 Å². The van der Waals surface area contributed by atoms with Crippen molar-refractivity contribution < 1.29 is 4.74 Å². The van der Waals surface area contributed by atoms with E-state index in [1.807, 2.05) is 13.8 Å². The molecule has 1 aromatic heterocycles. The van der Waals surface area contributed by atoms with Crippen LogP contribution in [-0.2, 0) is 0 Å². The molecule has 1 aromatic rings. The summed E-state index contributed by atoms with van der Waals surface area (Å²) >= 11 is 0. The third kappa shape index (κ3) is 3.15. The van der Waals surface area contributed by atoms with Crippen LogP contribution >= 0.6 is 0 Å². The fourth-order valence-electron chi connectivity index (χ4n) is 2.66. The van der Waals surface area contributed by atoms with Crippen LogP contribution in [0.5, 0.6) is 5.88 Å². The fraction of sp³-hybridized carbons (Fsp3) is 0.714. The molecule has 1 aliphatic heterocycles. The first-order chi connectivity index (χ1) is 9.13. The van der Waals surface area contributed by atoms with Crippen LogP contribution in [0.1, 0.15) is 32.3 Å². The van der Waals surface area contributed by atoms with E-state index in [1.165, 1.54) is 0 Å². The third-order valence-electron chi connectivity index (χ3n) is 3.87. The predicted molar refractivity (Wildman–Crippen MR) is 76.5 cm³/mol. The topological polar surface area (TPSA) is 64.3 Å². The van der Waals surface area contributed by atoms with Gasteiger partial charge < -0.3 is 15.4 Å². The average Bonchev–Trinajstić information content (AvgIpc) is 2.41. The van der Waals surface area contributed by atoms with Crippen molar-refractivity contribution in [2.24, 2.45) is 11.7 Å². The summed E-state index contributed by atoms with van der Waals surface area (Å²) in [6, 6.07) is 0.285. The minimum Gasteiger partial charge on any atom is -0.478 e. The minimum atomic E-state index is 0.285. The number of ether oxygens (including phenoxy) is 1. The number of hydrogen-bond donors (Lipinski definition) is 1. The molecule has 0 radical (unpaired) electrons. The molecule has 0 bridgehead atoms. The number of hydrogen-bond acceptors (Lipinski definition) is 5. The van der Waals surface area contributed by atoms with Crippen LogP contribution in [0.15, 0.2) is 6.33 Å². The van der Waals surface area contributed by atoms with Crippen molar-refractivity contribution in [3.05, 3.63) is 11.9 Å². The molecule has 106 valence electrons. The lowest BCUT2D eigenvalue weighted by atomic mass is 9.91. The summed E-state index contributed by atoms with van der Waals surface area (Å²) in [5, 5.41) is 0. The van der Waals surface area contributed by atoms with Crippen LogP contribution in [0.3, 0.4) is 0 Å². The van der Waals surface area contributed by atoms with E-state index < -0.39 is 0 Å². The zero-order valence-electron chi connectivity index (χ0n) is 12.1. The van der Waals surface area contributed by atoms with Crippen molar-refractivity contribution in [2.45, 2.75) is 39.7 Å². The fourth-order valence-corrected chi connectivity index (χ4v) is 2.66. The molecule has 0 spiro atoms. The summed E-state index contributed by atoms with van der Waals surface area (Å²) in [5.74, 6) is 2.33. The average molecular weight is 264 g/mol. The molecule has 19 heavy (non-hydrogen) atoms. The third-order valence-corrected chi connectivity index (χ3v) is 3.87. The summed E-state index contributed by atoms with van der Waals surface area (Å²) in [4.78, 5) is 10.9. The van der Waals surface area contributed by atoms with Crippen LogP contribution in [0.25, 0.3) is 0 Å². The van der Waals surface area contributed by atoms with Gasteiger partial charge in [-0.2, -0.15) is 0 Å². The number of piperidine rings is 1. The van der Waals surface area contributed by atoms with E-state index in [4.69, 9.17) is 10.5 Å². The summed E-state index contributed by atoms with van der Waals surface area (Å²) in [6.07, 6.45) is 3.85. The van der Waals surface area contributed by atoms with Gasteiger partial charge in [-0.05, 0) is 39.5 Å². The molecule has 1 atom stereocenters. The second kappa shape index (κ2) is 6.19. The summed E-state index contributed by atoms with van der Waals surface area (Å²) in [6.45, 7) is 8.74. The van der Waals surface area contributed by atoms with Gasteiger partial charge in [-0.1, -0.05) is 0 Å². The van der Waals surface area contributed by atoms with Gasteiger partial charge in [0.15, 0.2) is 0 Å². The second-order valence-corrected chi connectivity index (χ2v) is 5.24. The first-order valence-electron chi connectivity index (χ1n) is 7.08. The van der Waals surface area contributed by atoms with Gasteiger partial charge in [0, 0.05) is 19.1 Å². The normalized spacial score (nSPS) is 18.4. The minimum absolute atomic E-state index is 0.285. The maximum atomic E-state index is 5.98. The number of anilines is 1. The molecule has 2 rings (SSSR count). The number of aromatic nitrogens is 2. The van der Waals surface area contributed by atoms with Gasteiger partial charge in [-0.3, -0.25) is 0 Å². The Hall–Kier alpha value is -1.36. The molecular weight excluding hydrogens is 240 g/mol. The summed E-state index contributed by atoms with van der Waals surface area (Å²) < 4.78 is 5.53. The lowest BCUT2D eigenvalue weighted by Gasteiger charge is -2.35. The monoisotopic (exact) mass is 264 g/mol. The molecule has 1 unspecified atom stereocenters. The van der Waals surface area contributed by atoms with E-state index in [-0.39, 0.29) is 6.04 Å². The van der Waals surface area contributed by atoms with Crippen LogP contribution in [0.4, 0.5) is 5.82 Å². The molecule has 2 N–H and O–H groups in total. The van der Waals surface area contributed by atoms with Crippen LogP contribution in [0, 0.1) is 12.8 Å². The van der Waals surface area contributed by atoms with Gasteiger partial charge in [-0.15, -0.1) is 0 Å². The number of nitrogens with zero attached hydrogens (tertiary/aromatic N) is 3. The lowest BCUT2D eigenvalue weighted by molar-refractivity contribution is 0.322. The maximum Gasteiger partial charge on any atom is 0.221 e. The smallest absolute Gasteiger partial charge is 0.221 e. The molecule has 2 heterocycles. The van der Waals surface area contributed by atoms with E-state index >= 15 is 0 Å². The molecule has 1 saturated heterocycles. The number of rotatable bonds is 4. The van der Waals surface area contributed by atoms with Crippen LogP contribution < -0.4 is 15.4 Å². The first kappa shape index (κ1) is 14.1. The molecule has 1 fully saturated rings. The van der Waals surface area contributed by atoms with E-state index in [1.54, 1.807) is 6.33 Å². The zero-order chi connectivity index (χ0) is 13.8. The van der Waals surface area contributed by atoms with E-state index in [9.17, 15) is 0 Å². The highest BCUT2D eigenvalue weighted by Gasteiger charge is 2.24. The molecule has 1 aliphatic rings. The highest BCUT2D eigenvalue weighted by Crippen LogP contribution is 2.28. The van der Waals surface area contributed by atoms with E-state index in [0.717, 1.165) is 37.3 Å². The van der Waals surface area contributed by atoms with Crippen LogP contribution in [-0.4, -0.2) is 35.7 Å². The Kier molecular flexibility index (Phi) is 4.58. The molecule has 0 amide bonds. The highest BCUT2D eigenvalue weighted by atomic mass is 16.5. The Balaban J connectivity index is 2.09. The van der Waals surface area contributed by atoms with Gasteiger partial charge in [-0.25, -0.2) is 9.97 Å². The zero-order valence-corrected chi connectivity index (χ0v) is 12.1. The molecule has 0 aliphatic carbocycles. The largest absolute Gasteiger partial charge is 0.478 e. The molecule has 5 nitrogen and oxygen atoms in total. The summed E-state index contributed by atoms with van der Waals surface area (Å²) in [5.41, 5.74) is 7.01. The van der Waals surface area contributed by atoms with Crippen molar-refractivity contribution in [1.29, 1.82) is 0 Å².